The molecule has 1 aromatic rings. The van der Waals surface area contributed by atoms with Crippen molar-refractivity contribution >= 4 is 17.0 Å². The summed E-state index contributed by atoms with van der Waals surface area (Å²) in [6, 6.07) is 6.07. The fourth-order valence-electron chi connectivity index (χ4n) is 0.904. The summed E-state index contributed by atoms with van der Waals surface area (Å²) >= 11 is 0. The number of aromatic nitrogens is 1. The molecule has 2 nitrogen and oxygen atoms in total. The molecule has 1 aromatic heterocycles. The molecule has 0 aliphatic rings. The van der Waals surface area contributed by atoms with Crippen LogP contribution in [0.4, 0.5) is 0 Å². The molecule has 1 heterocycles. The lowest BCUT2D eigenvalue weighted by molar-refractivity contribution is 0.777. The standard InChI is InChI=1S/C9H13N.BrH.H3N/c1-2-3-6-9-7-4-5-8-10-9;;/h4-5,7-8H,2-3,6H2,1H3;1H;1H3. The van der Waals surface area contributed by atoms with Gasteiger partial charge in [-0.1, -0.05) is 19.4 Å². The van der Waals surface area contributed by atoms with E-state index in [1.165, 1.54) is 18.5 Å². The van der Waals surface area contributed by atoms with Crippen LogP contribution >= 0.6 is 17.0 Å². The third kappa shape index (κ3) is 5.27. The minimum atomic E-state index is 0. The van der Waals surface area contributed by atoms with Crippen molar-refractivity contribution < 1.29 is 0 Å². The van der Waals surface area contributed by atoms with Gasteiger partial charge in [0.25, 0.3) is 0 Å². The van der Waals surface area contributed by atoms with Crippen molar-refractivity contribution in [2.45, 2.75) is 26.2 Å². The SMILES string of the molecule is Br.CCCCc1ccccn1.N. The highest BCUT2D eigenvalue weighted by Crippen LogP contribution is 1.99. The Morgan fingerprint density at radius 3 is 2.58 bits per heavy atom. The van der Waals surface area contributed by atoms with Gasteiger partial charge in [-0.15, -0.1) is 17.0 Å². The quantitative estimate of drug-likeness (QED) is 0.871. The molecule has 3 heteroatoms. The van der Waals surface area contributed by atoms with E-state index < -0.39 is 0 Å². The predicted octanol–water partition coefficient (Wildman–Crippen LogP) is 3.16. The van der Waals surface area contributed by atoms with Crippen LogP contribution in [0.5, 0.6) is 0 Å². The monoisotopic (exact) mass is 232 g/mol. The second-order valence-corrected chi connectivity index (χ2v) is 2.42. The van der Waals surface area contributed by atoms with E-state index in [0.29, 0.717) is 0 Å². The topological polar surface area (TPSA) is 47.9 Å². The van der Waals surface area contributed by atoms with Crippen LogP contribution in [0.25, 0.3) is 0 Å². The molecule has 0 fully saturated rings. The van der Waals surface area contributed by atoms with Gasteiger partial charge in [0.15, 0.2) is 0 Å². The number of unbranched alkanes of at least 4 members (excludes halogenated alkanes) is 1. The van der Waals surface area contributed by atoms with Crippen LogP contribution in [-0.4, -0.2) is 4.98 Å². The Bertz CT molecular complexity index is 177. The van der Waals surface area contributed by atoms with Gasteiger partial charge >= 0.3 is 0 Å². The van der Waals surface area contributed by atoms with E-state index in [1.807, 2.05) is 18.3 Å². The molecule has 0 amide bonds. The molecule has 12 heavy (non-hydrogen) atoms. The number of hydrogen-bond acceptors (Lipinski definition) is 2. The van der Waals surface area contributed by atoms with Crippen LogP contribution in [0.1, 0.15) is 25.5 Å². The number of hydrogen-bond donors (Lipinski definition) is 1. The van der Waals surface area contributed by atoms with Crippen molar-refractivity contribution in [2.24, 2.45) is 0 Å². The average molecular weight is 233 g/mol. The van der Waals surface area contributed by atoms with Gasteiger partial charge in [0.2, 0.25) is 0 Å². The maximum absolute atomic E-state index is 4.22. The van der Waals surface area contributed by atoms with E-state index in [4.69, 9.17) is 0 Å². The van der Waals surface area contributed by atoms with Crippen LogP contribution in [0.3, 0.4) is 0 Å². The molecule has 3 N–H and O–H groups in total. The predicted molar refractivity (Wildman–Crippen MR) is 58.2 cm³/mol. The fourth-order valence-corrected chi connectivity index (χ4v) is 0.904. The number of halogens is 1. The lowest BCUT2D eigenvalue weighted by Gasteiger charge is -1.95. The Kier molecular flexibility index (Phi) is 10.2. The lowest BCUT2D eigenvalue weighted by Crippen LogP contribution is -1.86. The van der Waals surface area contributed by atoms with Gasteiger partial charge in [0.05, 0.1) is 0 Å². The van der Waals surface area contributed by atoms with Crippen molar-refractivity contribution in [3.63, 3.8) is 0 Å². The highest BCUT2D eigenvalue weighted by atomic mass is 79.9. The maximum atomic E-state index is 4.22. The van der Waals surface area contributed by atoms with Crippen LogP contribution in [0.15, 0.2) is 24.4 Å². The molecule has 70 valence electrons. The van der Waals surface area contributed by atoms with Crippen molar-refractivity contribution in [3.8, 4) is 0 Å². The Hall–Kier alpha value is -0.410. The minimum Gasteiger partial charge on any atom is -0.344 e. The third-order valence-electron chi connectivity index (χ3n) is 1.51. The van der Waals surface area contributed by atoms with Crippen molar-refractivity contribution in [2.75, 3.05) is 0 Å². The molecule has 0 aliphatic carbocycles. The Morgan fingerprint density at radius 2 is 2.08 bits per heavy atom. The average Bonchev–Trinajstić information content (AvgIpc) is 2.03. The second-order valence-electron chi connectivity index (χ2n) is 2.42. The molecule has 0 bridgehead atoms. The van der Waals surface area contributed by atoms with Gasteiger partial charge in [-0.05, 0) is 25.0 Å². The first-order valence-corrected chi connectivity index (χ1v) is 3.83. The fraction of sp³-hybridized carbons (Fsp3) is 0.444. The smallest absolute Gasteiger partial charge is 0.0403 e. The molecule has 0 atom stereocenters. The van der Waals surface area contributed by atoms with Gasteiger partial charge in [-0.3, -0.25) is 4.98 Å². The van der Waals surface area contributed by atoms with Crippen molar-refractivity contribution in [1.82, 2.24) is 11.1 Å². The van der Waals surface area contributed by atoms with Gasteiger partial charge in [0.1, 0.15) is 0 Å². The van der Waals surface area contributed by atoms with Crippen molar-refractivity contribution in [1.29, 1.82) is 0 Å². The molecule has 0 saturated heterocycles. The zero-order valence-corrected chi connectivity index (χ0v) is 9.21. The Labute approximate surface area is 84.8 Å². The summed E-state index contributed by atoms with van der Waals surface area (Å²) in [6.07, 6.45) is 5.47. The van der Waals surface area contributed by atoms with Crippen LogP contribution in [0, 0.1) is 0 Å². The normalized spacial score (nSPS) is 8.08. The maximum Gasteiger partial charge on any atom is 0.0403 e. The zero-order valence-electron chi connectivity index (χ0n) is 7.49. The molecule has 0 aromatic carbocycles. The second kappa shape index (κ2) is 8.68. The number of nitrogens with zero attached hydrogens (tertiary/aromatic N) is 1. The Balaban J connectivity index is 0. The highest BCUT2D eigenvalue weighted by Gasteiger charge is 1.88. The van der Waals surface area contributed by atoms with Gasteiger partial charge in [-0.2, -0.15) is 0 Å². The summed E-state index contributed by atoms with van der Waals surface area (Å²) in [5, 5.41) is 0. The summed E-state index contributed by atoms with van der Waals surface area (Å²) in [4.78, 5) is 4.22. The molecule has 0 aliphatic heterocycles. The lowest BCUT2D eigenvalue weighted by atomic mass is 10.2. The van der Waals surface area contributed by atoms with Gasteiger partial charge in [-0.25, -0.2) is 0 Å². The third-order valence-corrected chi connectivity index (χ3v) is 1.51. The number of rotatable bonds is 3. The molecular weight excluding hydrogens is 216 g/mol. The zero-order chi connectivity index (χ0) is 7.23. The first-order chi connectivity index (χ1) is 4.93. The summed E-state index contributed by atoms with van der Waals surface area (Å²) in [7, 11) is 0. The molecule has 0 spiro atoms. The first-order valence-electron chi connectivity index (χ1n) is 3.83. The van der Waals surface area contributed by atoms with Gasteiger partial charge < -0.3 is 6.15 Å². The number of aryl methyl sites for hydroxylation is 1. The van der Waals surface area contributed by atoms with E-state index in [-0.39, 0.29) is 23.1 Å². The van der Waals surface area contributed by atoms with E-state index in [0.717, 1.165) is 6.42 Å². The Morgan fingerprint density at radius 1 is 1.33 bits per heavy atom. The largest absolute Gasteiger partial charge is 0.344 e. The summed E-state index contributed by atoms with van der Waals surface area (Å²) < 4.78 is 0. The number of pyridine rings is 1. The molecular formula is C9H17BrN2. The highest BCUT2D eigenvalue weighted by molar-refractivity contribution is 8.93. The summed E-state index contributed by atoms with van der Waals surface area (Å²) in [6.45, 7) is 2.20. The van der Waals surface area contributed by atoms with Crippen molar-refractivity contribution in [3.05, 3.63) is 30.1 Å². The summed E-state index contributed by atoms with van der Waals surface area (Å²) in [5.74, 6) is 0. The minimum absolute atomic E-state index is 0. The van der Waals surface area contributed by atoms with E-state index in [2.05, 4.69) is 18.0 Å². The van der Waals surface area contributed by atoms with Crippen LogP contribution in [-0.2, 0) is 6.42 Å². The molecule has 0 saturated carbocycles. The van der Waals surface area contributed by atoms with Crippen LogP contribution in [0.2, 0.25) is 0 Å². The molecule has 0 radical (unpaired) electrons. The van der Waals surface area contributed by atoms with Crippen LogP contribution < -0.4 is 6.15 Å². The first kappa shape index (κ1) is 14.1. The van der Waals surface area contributed by atoms with Gasteiger partial charge in [0, 0.05) is 11.9 Å². The molecule has 1 rings (SSSR count). The molecule has 0 unspecified atom stereocenters. The van der Waals surface area contributed by atoms with E-state index >= 15 is 0 Å². The summed E-state index contributed by atoms with van der Waals surface area (Å²) in [5.41, 5.74) is 1.21. The van der Waals surface area contributed by atoms with E-state index in [9.17, 15) is 0 Å². The van der Waals surface area contributed by atoms with E-state index in [1.54, 1.807) is 0 Å².